The van der Waals surface area contributed by atoms with E-state index in [0.717, 1.165) is 83.6 Å². The zero-order valence-corrected chi connectivity index (χ0v) is 44.7. The number of nitrogens with zero attached hydrogens (tertiary/aromatic N) is 3. The normalized spacial score (nSPS) is 13.0. The fourth-order valence-corrected chi connectivity index (χ4v) is 9.76. The standard InChI is InChI=1S/C67H62N3O.Pt/c1-42(2)45-27-29-47(30-28-45)49-33-34-68-59(40-49)53-38-51(46-19-13-11-14-20-46)37-52(39-53)56-24-18-26-61-63(56)69-65(57-41-54(66(5,6)7)36-44(4)64(57)71)70(61)60-32-31-50(35-43(60)3)62-55(48-21-15-12-16-22-48)23-17-25-58(62)67(8,9)10;/h11-38,40-42,71H,1-10H3;/q-1;/i3D3,42D;. The molecular weight excluding hydrogens is 1060 g/mol. The Morgan fingerprint density at radius 2 is 1.24 bits per heavy atom. The molecule has 0 saturated carbocycles. The van der Waals surface area contributed by atoms with Gasteiger partial charge in [0.2, 0.25) is 0 Å². The average molecular weight is 1120 g/mol. The molecule has 8 aromatic carbocycles. The quantitative estimate of drug-likeness (QED) is 0.147. The Balaban J connectivity index is 0.00000706. The fourth-order valence-electron chi connectivity index (χ4n) is 9.76. The number of hydrogen-bond donors (Lipinski definition) is 1. The van der Waals surface area contributed by atoms with Gasteiger partial charge in [-0.25, -0.2) is 4.98 Å². The summed E-state index contributed by atoms with van der Waals surface area (Å²) in [5, 5.41) is 12.2. The summed E-state index contributed by atoms with van der Waals surface area (Å²) in [5.41, 5.74) is 16.4. The van der Waals surface area contributed by atoms with Crippen LogP contribution < -0.4 is 0 Å². The largest absolute Gasteiger partial charge is 0.507 e. The Kier molecular flexibility index (Phi) is 12.3. The molecule has 0 unspecified atom stereocenters. The number of phenols is 1. The zero-order valence-electron chi connectivity index (χ0n) is 46.4. The minimum absolute atomic E-state index is 0. The van der Waals surface area contributed by atoms with Crippen LogP contribution in [0.1, 0.15) is 94.6 Å². The van der Waals surface area contributed by atoms with Crippen LogP contribution in [0.3, 0.4) is 0 Å². The fraction of sp³-hybridized carbons (Fsp3) is 0.194. The van der Waals surface area contributed by atoms with Crippen LogP contribution >= 0.6 is 0 Å². The van der Waals surface area contributed by atoms with Crippen LogP contribution in [0.25, 0.3) is 95.0 Å². The molecule has 5 heteroatoms. The van der Waals surface area contributed by atoms with Crippen molar-refractivity contribution < 1.29 is 31.7 Å². The molecule has 0 fully saturated rings. The van der Waals surface area contributed by atoms with Gasteiger partial charge in [0.15, 0.2) is 0 Å². The number of rotatable bonds is 9. The van der Waals surface area contributed by atoms with Gasteiger partial charge in [0.05, 0.1) is 22.3 Å². The van der Waals surface area contributed by atoms with Crippen molar-refractivity contribution in [3.63, 3.8) is 0 Å². The predicted molar refractivity (Wildman–Crippen MR) is 298 cm³/mol. The van der Waals surface area contributed by atoms with Crippen molar-refractivity contribution in [3.05, 3.63) is 216 Å². The van der Waals surface area contributed by atoms with Crippen molar-refractivity contribution in [1.29, 1.82) is 0 Å². The van der Waals surface area contributed by atoms with Crippen molar-refractivity contribution in [2.75, 3.05) is 0 Å². The first-order chi connectivity index (χ1) is 35.5. The van der Waals surface area contributed by atoms with Gasteiger partial charge < -0.3 is 5.11 Å². The number of fused-ring (bicyclic) bond motifs is 1. The van der Waals surface area contributed by atoms with Crippen LogP contribution in [0, 0.1) is 19.8 Å². The SMILES string of the molecule is [2H]C([2H])([2H])c1cc(-c2c(-c3ccccc3)cccc2C(C)(C)C)ccc1-n1c(-c2cc(C(C)(C)C)cc(C)c2O)nc2c(-c3[c-]c(-c4cc(-c5ccc(C([2H])(C)C)cc5)ccn4)cc(-c4ccccc4)c3)cccc21.[Pt]. The summed E-state index contributed by atoms with van der Waals surface area (Å²) in [5.74, 6) is -0.228. The number of imidazole rings is 1. The number of aryl methyl sites for hydroxylation is 2. The Morgan fingerprint density at radius 3 is 1.92 bits per heavy atom. The van der Waals surface area contributed by atoms with Crippen molar-refractivity contribution >= 4 is 11.0 Å². The molecule has 10 aromatic rings. The number of para-hydroxylation sites is 1. The first-order valence-electron chi connectivity index (χ1n) is 26.5. The minimum Gasteiger partial charge on any atom is -0.507 e. The smallest absolute Gasteiger partial charge is 0.148 e. The third-order valence-corrected chi connectivity index (χ3v) is 13.7. The molecule has 4 nitrogen and oxygen atoms in total. The summed E-state index contributed by atoms with van der Waals surface area (Å²) in [6.45, 7) is 16.1. The Morgan fingerprint density at radius 1 is 0.583 bits per heavy atom. The molecule has 0 bridgehead atoms. The maximum Gasteiger partial charge on any atom is 0.148 e. The van der Waals surface area contributed by atoms with Crippen LogP contribution in [0.5, 0.6) is 5.75 Å². The van der Waals surface area contributed by atoms with Crippen LogP contribution in [-0.2, 0) is 31.9 Å². The molecule has 0 radical (unpaired) electrons. The van der Waals surface area contributed by atoms with E-state index in [1.54, 1.807) is 0 Å². The van der Waals surface area contributed by atoms with Crippen molar-refractivity contribution in [2.45, 2.75) is 85.9 Å². The molecule has 0 aliphatic carbocycles. The second-order valence-corrected chi connectivity index (χ2v) is 21.0. The van der Waals surface area contributed by atoms with E-state index in [1.165, 1.54) is 0 Å². The van der Waals surface area contributed by atoms with Crippen molar-refractivity contribution in [2.24, 2.45) is 0 Å². The molecule has 72 heavy (non-hydrogen) atoms. The Hall–Kier alpha value is -7.13. The number of hydrogen-bond acceptors (Lipinski definition) is 3. The molecule has 2 heterocycles. The van der Waals surface area contributed by atoms with Gasteiger partial charge in [-0.05, 0) is 128 Å². The van der Waals surface area contributed by atoms with Gasteiger partial charge in [-0.2, -0.15) is 0 Å². The summed E-state index contributed by atoms with van der Waals surface area (Å²) in [6.07, 6.45) is 1.82. The van der Waals surface area contributed by atoms with E-state index in [1.807, 2.05) is 135 Å². The van der Waals surface area contributed by atoms with Gasteiger partial charge >= 0.3 is 0 Å². The molecule has 2 aromatic heterocycles. The van der Waals surface area contributed by atoms with E-state index in [0.29, 0.717) is 33.7 Å². The van der Waals surface area contributed by atoms with E-state index in [2.05, 4.69) is 120 Å². The number of aromatic hydroxyl groups is 1. The molecule has 0 spiro atoms. The first kappa shape index (κ1) is 44.8. The van der Waals surface area contributed by atoms with Gasteiger partial charge in [-0.1, -0.05) is 206 Å². The first-order valence-corrected chi connectivity index (χ1v) is 24.5. The maximum absolute atomic E-state index is 12.2. The third kappa shape index (κ3) is 9.66. The molecule has 10 rings (SSSR count). The Labute approximate surface area is 446 Å². The van der Waals surface area contributed by atoms with E-state index < -0.39 is 12.7 Å². The number of benzene rings is 8. The number of phenolic OH excluding ortho intramolecular Hbond substituents is 1. The average Bonchev–Trinajstić information content (AvgIpc) is 3.81. The monoisotopic (exact) mass is 1120 g/mol. The van der Waals surface area contributed by atoms with Gasteiger partial charge in [-0.3, -0.25) is 9.55 Å². The second kappa shape index (κ2) is 19.8. The van der Waals surface area contributed by atoms with E-state index in [-0.39, 0.29) is 43.2 Å². The van der Waals surface area contributed by atoms with Crippen molar-refractivity contribution in [1.82, 2.24) is 14.5 Å². The second-order valence-electron chi connectivity index (χ2n) is 21.0. The Bertz CT molecular complexity index is 3770. The molecule has 0 aliphatic rings. The van der Waals surface area contributed by atoms with Gasteiger partial charge in [-0.15, -0.1) is 23.8 Å². The number of pyridine rings is 1. The molecule has 362 valence electrons. The molecular formula is C67H62N3OPt-. The van der Waals surface area contributed by atoms with Gasteiger partial charge in [0.25, 0.3) is 0 Å². The summed E-state index contributed by atoms with van der Waals surface area (Å²) in [6, 6.07) is 62.8. The summed E-state index contributed by atoms with van der Waals surface area (Å²) < 4.78 is 38.3. The third-order valence-electron chi connectivity index (χ3n) is 13.7. The minimum atomic E-state index is -2.57. The predicted octanol–water partition coefficient (Wildman–Crippen LogP) is 17.9. The zero-order chi connectivity index (χ0) is 53.2. The van der Waals surface area contributed by atoms with E-state index >= 15 is 0 Å². The van der Waals surface area contributed by atoms with Gasteiger partial charge in [0.1, 0.15) is 11.6 Å². The molecule has 0 saturated heterocycles. The molecule has 0 atom stereocenters. The van der Waals surface area contributed by atoms with Crippen LogP contribution in [0.15, 0.2) is 182 Å². The van der Waals surface area contributed by atoms with E-state index in [4.69, 9.17) is 11.3 Å². The topological polar surface area (TPSA) is 50.9 Å². The van der Waals surface area contributed by atoms with Crippen LogP contribution in [-0.4, -0.2) is 19.6 Å². The maximum atomic E-state index is 12.2. The molecule has 1 N–H and O–H groups in total. The molecule has 0 aliphatic heterocycles. The number of aromatic nitrogens is 3. The summed E-state index contributed by atoms with van der Waals surface area (Å²) in [4.78, 5) is 10.4. The summed E-state index contributed by atoms with van der Waals surface area (Å²) >= 11 is 0. The van der Waals surface area contributed by atoms with Gasteiger partial charge in [0, 0.05) is 38.4 Å². The van der Waals surface area contributed by atoms with Crippen molar-refractivity contribution in [3.8, 4) is 89.7 Å². The molecule has 0 amide bonds. The van der Waals surface area contributed by atoms with Crippen LogP contribution in [0.2, 0.25) is 0 Å². The summed E-state index contributed by atoms with van der Waals surface area (Å²) in [7, 11) is 0. The van der Waals surface area contributed by atoms with E-state index in [9.17, 15) is 9.22 Å². The van der Waals surface area contributed by atoms with Crippen LogP contribution in [0.4, 0.5) is 0 Å².